The van der Waals surface area contributed by atoms with Crippen molar-refractivity contribution in [2.24, 2.45) is 7.05 Å². The number of pyridine rings is 1. The van der Waals surface area contributed by atoms with E-state index >= 15 is 0 Å². The van der Waals surface area contributed by atoms with Crippen molar-refractivity contribution in [3.8, 4) is 17.4 Å². The summed E-state index contributed by atoms with van der Waals surface area (Å²) in [6.07, 6.45) is -3.21. The molecule has 0 atom stereocenters. The van der Waals surface area contributed by atoms with E-state index < -0.39 is 17.6 Å². The Morgan fingerprint density at radius 2 is 1.63 bits per heavy atom. The van der Waals surface area contributed by atoms with E-state index in [4.69, 9.17) is 21.1 Å². The van der Waals surface area contributed by atoms with Crippen LogP contribution in [0.25, 0.3) is 10.9 Å². The van der Waals surface area contributed by atoms with Crippen LogP contribution in [0, 0.1) is 0 Å². The number of nitrogens with zero attached hydrogens (tertiary/aromatic N) is 4. The lowest BCUT2D eigenvalue weighted by atomic mass is 10.1. The van der Waals surface area contributed by atoms with Crippen molar-refractivity contribution in [3.05, 3.63) is 112 Å². The largest absolute Gasteiger partial charge is 0.497 e. The number of ether oxygens (including phenoxy) is 2. The van der Waals surface area contributed by atoms with E-state index in [0.29, 0.717) is 36.3 Å². The minimum absolute atomic E-state index is 0. The Balaban J connectivity index is 0.00000468. The number of halogens is 5. The minimum Gasteiger partial charge on any atom is -0.497 e. The van der Waals surface area contributed by atoms with Crippen LogP contribution in [0.4, 0.5) is 18.9 Å². The standard InChI is InChI=1S/C35H31ClF3N5O4.BrH/c1-42-30-11-9-27(48-32-12-6-25(20-40-32)41-33(45)28-10-5-24(19-29(28)36)35(37,38)39)17-23(30)18-31(42)34(46)44-15-13-43(14-16-44)21-22-3-7-26(47-2)8-4-22;/h3-12,17-20H,13-16,21H2,1-2H3,(H,41,45);1H. The maximum atomic E-state index is 13.5. The van der Waals surface area contributed by atoms with Crippen molar-refractivity contribution >= 4 is 57.0 Å². The smallest absolute Gasteiger partial charge is 0.416 e. The summed E-state index contributed by atoms with van der Waals surface area (Å²) in [4.78, 5) is 34.6. The van der Waals surface area contributed by atoms with Gasteiger partial charge in [0.25, 0.3) is 11.8 Å². The minimum atomic E-state index is -4.57. The number of alkyl halides is 3. The van der Waals surface area contributed by atoms with Crippen molar-refractivity contribution in [2.45, 2.75) is 12.7 Å². The Kier molecular flexibility index (Phi) is 10.9. The highest BCUT2D eigenvalue weighted by Gasteiger charge is 2.31. The zero-order valence-corrected chi connectivity index (χ0v) is 28.9. The Labute approximate surface area is 295 Å². The van der Waals surface area contributed by atoms with E-state index in [0.717, 1.165) is 48.4 Å². The number of rotatable bonds is 8. The fraction of sp³-hybridized carbons (Fsp3) is 0.229. The van der Waals surface area contributed by atoms with E-state index in [2.05, 4.69) is 27.3 Å². The number of aromatic nitrogens is 2. The van der Waals surface area contributed by atoms with Crippen LogP contribution in [-0.4, -0.2) is 64.5 Å². The van der Waals surface area contributed by atoms with Crippen LogP contribution < -0.4 is 14.8 Å². The van der Waals surface area contributed by atoms with E-state index in [-0.39, 0.29) is 39.4 Å². The van der Waals surface area contributed by atoms with Crippen molar-refractivity contribution in [1.82, 2.24) is 19.4 Å². The number of aryl methyl sites for hydroxylation is 1. The van der Waals surface area contributed by atoms with E-state index in [1.165, 1.54) is 11.8 Å². The van der Waals surface area contributed by atoms with Crippen LogP contribution >= 0.6 is 28.6 Å². The molecule has 0 bridgehead atoms. The van der Waals surface area contributed by atoms with Gasteiger partial charge in [-0.2, -0.15) is 13.2 Å². The number of anilines is 1. The molecule has 1 N–H and O–H groups in total. The molecule has 256 valence electrons. The fourth-order valence-electron chi connectivity index (χ4n) is 5.57. The third-order valence-electron chi connectivity index (χ3n) is 8.22. The van der Waals surface area contributed by atoms with Crippen molar-refractivity contribution in [2.75, 3.05) is 38.6 Å². The van der Waals surface area contributed by atoms with Gasteiger partial charge in [0, 0.05) is 56.7 Å². The van der Waals surface area contributed by atoms with Crippen LogP contribution in [0.1, 0.15) is 32.0 Å². The van der Waals surface area contributed by atoms with E-state index in [1.54, 1.807) is 25.3 Å². The van der Waals surface area contributed by atoms with E-state index in [9.17, 15) is 22.8 Å². The summed E-state index contributed by atoms with van der Waals surface area (Å²) in [5.41, 5.74) is 1.90. The van der Waals surface area contributed by atoms with Gasteiger partial charge in [-0.05, 0) is 66.2 Å². The number of amides is 2. The maximum absolute atomic E-state index is 13.5. The first-order chi connectivity index (χ1) is 23.0. The van der Waals surface area contributed by atoms with Gasteiger partial charge in [-0.25, -0.2) is 4.98 Å². The molecular weight excluding hydrogens is 727 g/mol. The van der Waals surface area contributed by atoms with Gasteiger partial charge in [0.15, 0.2) is 0 Å². The van der Waals surface area contributed by atoms with Gasteiger partial charge in [0.1, 0.15) is 17.2 Å². The summed E-state index contributed by atoms with van der Waals surface area (Å²) in [6.45, 7) is 3.62. The van der Waals surface area contributed by atoms with Crippen LogP contribution in [0.15, 0.2) is 85.1 Å². The average molecular weight is 759 g/mol. The molecule has 2 aromatic heterocycles. The lowest BCUT2D eigenvalue weighted by Crippen LogP contribution is -2.48. The molecule has 5 aromatic rings. The summed E-state index contributed by atoms with van der Waals surface area (Å²) in [7, 11) is 3.51. The monoisotopic (exact) mass is 757 g/mol. The highest BCUT2D eigenvalue weighted by Crippen LogP contribution is 2.33. The normalized spacial score (nSPS) is 13.6. The van der Waals surface area contributed by atoms with Crippen LogP contribution in [0.3, 0.4) is 0 Å². The van der Waals surface area contributed by atoms with Gasteiger partial charge in [0.2, 0.25) is 5.88 Å². The van der Waals surface area contributed by atoms with Crippen molar-refractivity contribution in [3.63, 3.8) is 0 Å². The molecule has 49 heavy (non-hydrogen) atoms. The van der Waals surface area contributed by atoms with Crippen molar-refractivity contribution < 1.29 is 32.2 Å². The molecular formula is C35H32BrClF3N5O4. The van der Waals surface area contributed by atoms with Gasteiger partial charge in [-0.1, -0.05) is 23.7 Å². The molecule has 1 saturated heterocycles. The summed E-state index contributed by atoms with van der Waals surface area (Å²) in [5.74, 6) is 0.863. The molecule has 1 aliphatic heterocycles. The Morgan fingerprint density at radius 3 is 2.27 bits per heavy atom. The van der Waals surface area contributed by atoms with Crippen LogP contribution in [-0.2, 0) is 19.8 Å². The molecule has 9 nitrogen and oxygen atoms in total. The first-order valence-electron chi connectivity index (χ1n) is 15.0. The first kappa shape index (κ1) is 35.7. The second kappa shape index (κ2) is 14.9. The van der Waals surface area contributed by atoms with Gasteiger partial charge in [-0.15, -0.1) is 17.0 Å². The fourth-order valence-corrected chi connectivity index (χ4v) is 5.83. The number of hydrogen-bond acceptors (Lipinski definition) is 6. The van der Waals surface area contributed by atoms with Crippen LogP contribution in [0.2, 0.25) is 5.02 Å². The second-order valence-corrected chi connectivity index (χ2v) is 11.8. The number of benzene rings is 3. The maximum Gasteiger partial charge on any atom is 0.416 e. The molecule has 6 rings (SSSR count). The zero-order chi connectivity index (χ0) is 34.0. The summed E-state index contributed by atoms with van der Waals surface area (Å²) in [6, 6.07) is 21.0. The highest BCUT2D eigenvalue weighted by atomic mass is 79.9. The molecule has 1 aliphatic rings. The summed E-state index contributed by atoms with van der Waals surface area (Å²) in [5, 5.41) is 3.08. The molecule has 14 heteroatoms. The van der Waals surface area contributed by atoms with Crippen molar-refractivity contribution in [1.29, 1.82) is 0 Å². The molecule has 0 unspecified atom stereocenters. The van der Waals surface area contributed by atoms with E-state index in [1.807, 2.05) is 46.8 Å². The first-order valence-corrected chi connectivity index (χ1v) is 15.4. The highest BCUT2D eigenvalue weighted by molar-refractivity contribution is 8.93. The third kappa shape index (κ3) is 8.18. The van der Waals surface area contributed by atoms with Crippen LogP contribution in [0.5, 0.6) is 17.4 Å². The zero-order valence-electron chi connectivity index (χ0n) is 26.5. The lowest BCUT2D eigenvalue weighted by molar-refractivity contribution is -0.137. The summed E-state index contributed by atoms with van der Waals surface area (Å²) >= 11 is 5.94. The Morgan fingerprint density at radius 1 is 0.918 bits per heavy atom. The molecule has 0 saturated carbocycles. The molecule has 3 aromatic carbocycles. The Bertz CT molecular complexity index is 1960. The van der Waals surface area contributed by atoms with Gasteiger partial charge >= 0.3 is 6.18 Å². The number of carbonyl (C=O) groups is 2. The summed E-state index contributed by atoms with van der Waals surface area (Å²) < 4.78 is 51.8. The number of carbonyl (C=O) groups excluding carboxylic acids is 2. The van der Waals surface area contributed by atoms with Gasteiger partial charge < -0.3 is 24.3 Å². The SMILES string of the molecule is Br.COc1ccc(CN2CCN(C(=O)c3cc4cc(Oc5ccc(NC(=O)c6ccc(C(F)(F)F)cc6Cl)cn5)ccc4n3C)CC2)cc1. The lowest BCUT2D eigenvalue weighted by Gasteiger charge is -2.34. The average Bonchev–Trinajstić information content (AvgIpc) is 3.40. The number of fused-ring (bicyclic) bond motifs is 1. The molecule has 0 aliphatic carbocycles. The third-order valence-corrected chi connectivity index (χ3v) is 8.53. The number of piperazine rings is 1. The quantitative estimate of drug-likeness (QED) is 0.174. The predicted octanol–water partition coefficient (Wildman–Crippen LogP) is 7.83. The molecule has 2 amide bonds. The number of hydrogen-bond donors (Lipinski definition) is 1. The second-order valence-electron chi connectivity index (χ2n) is 11.4. The molecule has 3 heterocycles. The number of nitrogens with one attached hydrogen (secondary N) is 1. The predicted molar refractivity (Wildman–Crippen MR) is 186 cm³/mol. The van der Waals surface area contributed by atoms with Gasteiger partial charge in [0.05, 0.1) is 35.1 Å². The molecule has 0 spiro atoms. The number of methoxy groups -OCH3 is 1. The van der Waals surface area contributed by atoms with Gasteiger partial charge in [-0.3, -0.25) is 14.5 Å². The molecule has 1 fully saturated rings. The Hall–Kier alpha value is -4.59. The molecule has 0 radical (unpaired) electrons. The topological polar surface area (TPSA) is 88.9 Å².